The number of hydrogen-bond donors (Lipinski definition) is 0. The van der Waals surface area contributed by atoms with Crippen molar-refractivity contribution in [1.82, 2.24) is 19.5 Å². The smallest absolute Gasteiger partial charge is 0.247 e. The zero-order valence-corrected chi connectivity index (χ0v) is 17.5. The highest BCUT2D eigenvalue weighted by atomic mass is 16.5. The lowest BCUT2D eigenvalue weighted by atomic mass is 9.97. The van der Waals surface area contributed by atoms with Crippen molar-refractivity contribution in [1.29, 1.82) is 0 Å². The van der Waals surface area contributed by atoms with Crippen molar-refractivity contribution in [3.63, 3.8) is 0 Å². The van der Waals surface area contributed by atoms with Crippen LogP contribution in [0.3, 0.4) is 0 Å². The summed E-state index contributed by atoms with van der Waals surface area (Å²) in [6.45, 7) is 6.02. The molecule has 0 aliphatic carbocycles. The molecule has 0 atom stereocenters. The average molecular weight is 394 g/mol. The minimum Gasteiger partial charge on any atom is -0.436 e. The van der Waals surface area contributed by atoms with Crippen LogP contribution in [0.2, 0.25) is 0 Å². The Morgan fingerprint density at radius 3 is 2.47 bits per heavy atom. The quantitative estimate of drug-likeness (QED) is 0.382. The van der Waals surface area contributed by atoms with E-state index in [2.05, 4.69) is 65.2 Å². The van der Waals surface area contributed by atoms with E-state index in [1.54, 1.807) is 0 Å². The Hall–Kier alpha value is -3.73. The highest BCUT2D eigenvalue weighted by molar-refractivity contribution is 5.93. The SMILES string of the molecule is Cc1nc(Oc2c(C)cc(-c3cccc4cccnc34)cc2C)c2c(ccn2C)n1. The van der Waals surface area contributed by atoms with Crippen LogP contribution in [0, 0.1) is 20.8 Å². The van der Waals surface area contributed by atoms with E-state index in [-0.39, 0.29) is 0 Å². The number of pyridine rings is 1. The van der Waals surface area contributed by atoms with Crippen molar-refractivity contribution in [2.45, 2.75) is 20.8 Å². The first-order chi connectivity index (χ1) is 14.5. The topological polar surface area (TPSA) is 52.8 Å². The average Bonchev–Trinajstić information content (AvgIpc) is 3.10. The monoisotopic (exact) mass is 394 g/mol. The van der Waals surface area contributed by atoms with E-state index in [9.17, 15) is 0 Å². The summed E-state index contributed by atoms with van der Waals surface area (Å²) in [6, 6.07) is 16.6. The molecule has 30 heavy (non-hydrogen) atoms. The molecule has 3 heterocycles. The van der Waals surface area contributed by atoms with E-state index in [1.807, 2.05) is 43.1 Å². The molecule has 5 nitrogen and oxygen atoms in total. The lowest BCUT2D eigenvalue weighted by molar-refractivity contribution is 0.457. The van der Waals surface area contributed by atoms with Crippen LogP contribution in [0.25, 0.3) is 33.1 Å². The van der Waals surface area contributed by atoms with Crippen molar-refractivity contribution in [3.05, 3.63) is 77.9 Å². The summed E-state index contributed by atoms with van der Waals surface area (Å²) in [4.78, 5) is 13.7. The number of fused-ring (bicyclic) bond motifs is 2. The van der Waals surface area contributed by atoms with Crippen LogP contribution in [0.1, 0.15) is 17.0 Å². The van der Waals surface area contributed by atoms with E-state index >= 15 is 0 Å². The van der Waals surface area contributed by atoms with Crippen molar-refractivity contribution in [2.75, 3.05) is 0 Å². The Balaban J connectivity index is 1.62. The molecule has 0 fully saturated rings. The molecule has 5 rings (SSSR count). The van der Waals surface area contributed by atoms with Crippen LogP contribution in [-0.2, 0) is 7.05 Å². The van der Waals surface area contributed by atoms with Gasteiger partial charge >= 0.3 is 0 Å². The predicted molar refractivity (Wildman–Crippen MR) is 120 cm³/mol. The molecule has 0 amide bonds. The standard InChI is InChI=1S/C25H22N4O/c1-15-13-19(20-9-5-7-18-8-6-11-26-22(18)20)14-16(2)24(15)30-25-23-21(10-12-29(23)4)27-17(3)28-25/h5-14H,1-4H3. The number of hydrogen-bond acceptors (Lipinski definition) is 4. The Morgan fingerprint density at radius 1 is 0.900 bits per heavy atom. The van der Waals surface area contributed by atoms with E-state index < -0.39 is 0 Å². The third-order valence-corrected chi connectivity index (χ3v) is 5.40. The second kappa shape index (κ2) is 6.95. The number of nitrogens with zero attached hydrogens (tertiary/aromatic N) is 4. The van der Waals surface area contributed by atoms with Gasteiger partial charge in [-0.25, -0.2) is 4.98 Å². The summed E-state index contributed by atoms with van der Waals surface area (Å²) < 4.78 is 8.35. The summed E-state index contributed by atoms with van der Waals surface area (Å²) in [5.74, 6) is 2.10. The van der Waals surface area contributed by atoms with Gasteiger partial charge in [0, 0.05) is 30.4 Å². The summed E-state index contributed by atoms with van der Waals surface area (Å²) >= 11 is 0. The molecule has 0 aliphatic heterocycles. The fourth-order valence-electron chi connectivity index (χ4n) is 4.04. The zero-order chi connectivity index (χ0) is 20.8. The normalized spacial score (nSPS) is 11.3. The van der Waals surface area contributed by atoms with Crippen LogP contribution >= 0.6 is 0 Å². The molecule has 5 aromatic rings. The van der Waals surface area contributed by atoms with Crippen LogP contribution in [0.4, 0.5) is 0 Å². The molecule has 0 aliphatic rings. The number of rotatable bonds is 3. The fraction of sp³-hybridized carbons (Fsp3) is 0.160. The molecule has 0 radical (unpaired) electrons. The highest BCUT2D eigenvalue weighted by Crippen LogP contribution is 2.36. The third-order valence-electron chi connectivity index (χ3n) is 5.40. The van der Waals surface area contributed by atoms with Gasteiger partial charge in [-0.1, -0.05) is 24.3 Å². The highest BCUT2D eigenvalue weighted by Gasteiger charge is 2.16. The molecule has 3 aromatic heterocycles. The second-order valence-corrected chi connectivity index (χ2v) is 7.66. The molecule has 2 aromatic carbocycles. The van der Waals surface area contributed by atoms with Crippen molar-refractivity contribution in [2.24, 2.45) is 7.05 Å². The fourth-order valence-corrected chi connectivity index (χ4v) is 4.04. The van der Waals surface area contributed by atoms with Crippen LogP contribution in [0.5, 0.6) is 11.6 Å². The molecule has 0 unspecified atom stereocenters. The maximum Gasteiger partial charge on any atom is 0.247 e. The van der Waals surface area contributed by atoms with Gasteiger partial charge in [0.05, 0.1) is 11.0 Å². The summed E-state index contributed by atoms with van der Waals surface area (Å²) in [5, 5.41) is 1.13. The van der Waals surface area contributed by atoms with Crippen LogP contribution in [0.15, 0.2) is 60.9 Å². The first-order valence-corrected chi connectivity index (χ1v) is 9.94. The number of para-hydroxylation sites is 1. The third kappa shape index (κ3) is 2.99. The number of aromatic nitrogens is 4. The van der Waals surface area contributed by atoms with E-state index in [0.29, 0.717) is 11.7 Å². The van der Waals surface area contributed by atoms with Crippen LogP contribution in [-0.4, -0.2) is 19.5 Å². The molecule has 0 saturated carbocycles. The Kier molecular flexibility index (Phi) is 4.24. The zero-order valence-electron chi connectivity index (χ0n) is 17.5. The van der Waals surface area contributed by atoms with Gasteiger partial charge in [0.15, 0.2) is 0 Å². The molecule has 5 heteroatoms. The molecule has 0 N–H and O–H groups in total. The Bertz CT molecular complexity index is 1390. The number of ether oxygens (including phenoxy) is 1. The largest absolute Gasteiger partial charge is 0.436 e. The summed E-state index contributed by atoms with van der Waals surface area (Å²) in [5.41, 5.74) is 7.13. The molecule has 0 spiro atoms. The van der Waals surface area contributed by atoms with Gasteiger partial charge in [-0.3, -0.25) is 4.98 Å². The number of aryl methyl sites for hydroxylation is 4. The first-order valence-electron chi connectivity index (χ1n) is 9.94. The van der Waals surface area contributed by atoms with Crippen molar-refractivity contribution >= 4 is 21.9 Å². The lowest BCUT2D eigenvalue weighted by Crippen LogP contribution is -2.00. The van der Waals surface area contributed by atoms with Gasteiger partial charge in [0.25, 0.3) is 0 Å². The van der Waals surface area contributed by atoms with Gasteiger partial charge < -0.3 is 9.30 Å². The predicted octanol–water partition coefficient (Wildman–Crippen LogP) is 5.90. The van der Waals surface area contributed by atoms with Gasteiger partial charge in [-0.15, -0.1) is 0 Å². The minimum absolute atomic E-state index is 0.579. The van der Waals surface area contributed by atoms with Gasteiger partial charge in [-0.2, -0.15) is 4.98 Å². The van der Waals surface area contributed by atoms with Gasteiger partial charge in [-0.05, 0) is 61.7 Å². The summed E-state index contributed by atoms with van der Waals surface area (Å²) in [6.07, 6.45) is 3.81. The van der Waals surface area contributed by atoms with Crippen molar-refractivity contribution in [3.8, 4) is 22.8 Å². The van der Waals surface area contributed by atoms with Crippen molar-refractivity contribution < 1.29 is 4.74 Å². The molecular formula is C25H22N4O. The van der Waals surface area contributed by atoms with E-state index in [1.165, 1.54) is 0 Å². The van der Waals surface area contributed by atoms with E-state index in [0.717, 1.165) is 49.9 Å². The molecule has 0 saturated heterocycles. The molecular weight excluding hydrogens is 372 g/mol. The molecule has 148 valence electrons. The minimum atomic E-state index is 0.579. The lowest BCUT2D eigenvalue weighted by Gasteiger charge is -2.15. The Morgan fingerprint density at radius 2 is 1.67 bits per heavy atom. The first kappa shape index (κ1) is 18.3. The Labute approximate surface area is 175 Å². The maximum absolute atomic E-state index is 6.36. The second-order valence-electron chi connectivity index (χ2n) is 7.66. The summed E-state index contributed by atoms with van der Waals surface area (Å²) in [7, 11) is 1.98. The maximum atomic E-state index is 6.36. The molecule has 0 bridgehead atoms. The van der Waals surface area contributed by atoms with Gasteiger partial charge in [0.1, 0.15) is 17.1 Å². The van der Waals surface area contributed by atoms with Gasteiger partial charge in [0.2, 0.25) is 5.88 Å². The van der Waals surface area contributed by atoms with E-state index in [4.69, 9.17) is 4.74 Å². The number of benzene rings is 2. The van der Waals surface area contributed by atoms with Crippen LogP contribution < -0.4 is 4.74 Å².